The molecule has 1 aromatic heterocycles. The standard InChI is InChI=1S/C17H17N3O2S/c1-18-15(21)9-5-11-20-13-7-2-3-8-14(13)23-16-12(17(20)22)6-4-10-19-16/h2-4,6-8,10H,5,9,11H2,1H3,(H,18,21). The van der Waals surface area contributed by atoms with Gasteiger partial charge in [-0.25, -0.2) is 4.98 Å². The lowest BCUT2D eigenvalue weighted by Gasteiger charge is -2.22. The molecule has 6 heteroatoms. The summed E-state index contributed by atoms with van der Waals surface area (Å²) in [6, 6.07) is 11.4. The summed E-state index contributed by atoms with van der Waals surface area (Å²) < 4.78 is 0. The molecule has 2 amide bonds. The molecule has 3 rings (SSSR count). The second-order valence-electron chi connectivity index (χ2n) is 5.16. The van der Waals surface area contributed by atoms with E-state index >= 15 is 0 Å². The minimum absolute atomic E-state index is 0.0167. The first-order chi connectivity index (χ1) is 11.2. The van der Waals surface area contributed by atoms with Crippen molar-refractivity contribution < 1.29 is 9.59 Å². The lowest BCUT2D eigenvalue weighted by Crippen LogP contribution is -2.32. The number of nitrogens with zero attached hydrogens (tertiary/aromatic N) is 2. The highest BCUT2D eigenvalue weighted by atomic mass is 32.2. The van der Waals surface area contributed by atoms with Gasteiger partial charge < -0.3 is 10.2 Å². The average molecular weight is 327 g/mol. The van der Waals surface area contributed by atoms with Gasteiger partial charge in [0.2, 0.25) is 5.91 Å². The maximum absolute atomic E-state index is 12.9. The Bertz CT molecular complexity index is 748. The summed E-state index contributed by atoms with van der Waals surface area (Å²) in [5.41, 5.74) is 1.48. The number of aromatic nitrogens is 1. The highest BCUT2D eigenvalue weighted by molar-refractivity contribution is 7.99. The Hall–Kier alpha value is -2.34. The predicted molar refractivity (Wildman–Crippen MR) is 89.8 cm³/mol. The third kappa shape index (κ3) is 3.22. The molecule has 2 aromatic rings. The summed E-state index contributed by atoms with van der Waals surface area (Å²) in [6.07, 6.45) is 2.71. The maximum Gasteiger partial charge on any atom is 0.261 e. The SMILES string of the molecule is CNC(=O)CCCN1C(=O)c2cccnc2Sc2ccccc21. The monoisotopic (exact) mass is 327 g/mol. The van der Waals surface area contributed by atoms with Gasteiger partial charge in [-0.3, -0.25) is 9.59 Å². The fourth-order valence-electron chi connectivity index (χ4n) is 2.51. The first-order valence-corrected chi connectivity index (χ1v) is 8.26. The third-order valence-electron chi connectivity index (χ3n) is 3.67. The average Bonchev–Trinajstić information content (AvgIpc) is 2.70. The molecule has 0 saturated heterocycles. The first kappa shape index (κ1) is 15.6. The number of anilines is 1. The van der Waals surface area contributed by atoms with Crippen molar-refractivity contribution in [2.45, 2.75) is 22.8 Å². The van der Waals surface area contributed by atoms with Gasteiger partial charge in [0, 0.05) is 31.1 Å². The smallest absolute Gasteiger partial charge is 0.261 e. The molecule has 0 atom stereocenters. The molecule has 2 heterocycles. The van der Waals surface area contributed by atoms with Crippen molar-refractivity contribution in [1.82, 2.24) is 10.3 Å². The van der Waals surface area contributed by atoms with E-state index in [0.29, 0.717) is 24.9 Å². The molecule has 5 nitrogen and oxygen atoms in total. The number of para-hydroxylation sites is 1. The maximum atomic E-state index is 12.9. The molecule has 1 N–H and O–H groups in total. The quantitative estimate of drug-likeness (QED) is 0.938. The van der Waals surface area contributed by atoms with E-state index in [2.05, 4.69) is 10.3 Å². The number of amides is 2. The van der Waals surface area contributed by atoms with Crippen LogP contribution in [-0.4, -0.2) is 30.4 Å². The van der Waals surface area contributed by atoms with Crippen molar-refractivity contribution in [1.29, 1.82) is 0 Å². The summed E-state index contributed by atoms with van der Waals surface area (Å²) >= 11 is 1.50. The van der Waals surface area contributed by atoms with E-state index in [4.69, 9.17) is 0 Å². The van der Waals surface area contributed by atoms with Crippen LogP contribution in [0.1, 0.15) is 23.2 Å². The third-order valence-corrected chi connectivity index (χ3v) is 4.76. The van der Waals surface area contributed by atoms with E-state index in [0.717, 1.165) is 15.6 Å². The van der Waals surface area contributed by atoms with Crippen molar-refractivity contribution in [3.63, 3.8) is 0 Å². The van der Waals surface area contributed by atoms with Crippen molar-refractivity contribution in [3.8, 4) is 0 Å². The molecule has 1 aliphatic heterocycles. The summed E-state index contributed by atoms with van der Waals surface area (Å²) in [7, 11) is 1.62. The van der Waals surface area contributed by atoms with Crippen LogP contribution in [0.4, 0.5) is 5.69 Å². The molecule has 0 bridgehead atoms. The van der Waals surface area contributed by atoms with E-state index in [9.17, 15) is 9.59 Å². The highest BCUT2D eigenvalue weighted by Crippen LogP contribution is 2.40. The topological polar surface area (TPSA) is 62.3 Å². The Morgan fingerprint density at radius 2 is 2.09 bits per heavy atom. The van der Waals surface area contributed by atoms with Crippen LogP contribution in [0, 0.1) is 0 Å². The largest absolute Gasteiger partial charge is 0.359 e. The predicted octanol–water partition coefficient (Wildman–Crippen LogP) is 2.72. The molecule has 0 fully saturated rings. The molecule has 118 valence electrons. The minimum atomic E-state index is -0.0672. The van der Waals surface area contributed by atoms with Gasteiger partial charge >= 0.3 is 0 Å². The molecular formula is C17H17N3O2S. The van der Waals surface area contributed by atoms with E-state index in [1.807, 2.05) is 24.3 Å². The Morgan fingerprint density at radius 1 is 1.26 bits per heavy atom. The van der Waals surface area contributed by atoms with Crippen molar-refractivity contribution >= 4 is 29.3 Å². The van der Waals surface area contributed by atoms with E-state index in [-0.39, 0.29) is 11.8 Å². The summed E-state index contributed by atoms with van der Waals surface area (Å²) in [5.74, 6) is -0.0838. The van der Waals surface area contributed by atoms with Gasteiger partial charge in [0.15, 0.2) is 0 Å². The van der Waals surface area contributed by atoms with Crippen molar-refractivity contribution in [3.05, 3.63) is 48.2 Å². The van der Waals surface area contributed by atoms with E-state index < -0.39 is 0 Å². The molecule has 0 aliphatic carbocycles. The van der Waals surface area contributed by atoms with Crippen LogP contribution in [-0.2, 0) is 4.79 Å². The van der Waals surface area contributed by atoms with Gasteiger partial charge in [-0.2, -0.15) is 0 Å². The lowest BCUT2D eigenvalue weighted by molar-refractivity contribution is -0.120. The van der Waals surface area contributed by atoms with Gasteiger partial charge in [0.1, 0.15) is 5.03 Å². The van der Waals surface area contributed by atoms with Crippen LogP contribution < -0.4 is 10.2 Å². The van der Waals surface area contributed by atoms with Crippen molar-refractivity contribution in [2.75, 3.05) is 18.5 Å². The van der Waals surface area contributed by atoms with Gasteiger partial charge in [-0.1, -0.05) is 23.9 Å². The number of nitrogens with one attached hydrogen (secondary N) is 1. The highest BCUT2D eigenvalue weighted by Gasteiger charge is 2.27. The molecule has 1 aliphatic rings. The Balaban J connectivity index is 1.93. The van der Waals surface area contributed by atoms with Gasteiger partial charge in [0.05, 0.1) is 11.3 Å². The lowest BCUT2D eigenvalue weighted by atomic mass is 10.2. The zero-order valence-corrected chi connectivity index (χ0v) is 13.6. The summed E-state index contributed by atoms with van der Waals surface area (Å²) in [6.45, 7) is 0.498. The van der Waals surface area contributed by atoms with Gasteiger partial charge in [-0.05, 0) is 30.7 Å². The normalized spacial score (nSPS) is 13.1. The van der Waals surface area contributed by atoms with Gasteiger partial charge in [0.25, 0.3) is 5.91 Å². The second-order valence-corrected chi connectivity index (χ2v) is 6.19. The van der Waals surface area contributed by atoms with Crippen LogP contribution in [0.2, 0.25) is 0 Å². The number of rotatable bonds is 4. The summed E-state index contributed by atoms with van der Waals surface area (Å²) in [5, 5.41) is 3.33. The van der Waals surface area contributed by atoms with Crippen LogP contribution in [0.3, 0.4) is 0 Å². The molecule has 1 aromatic carbocycles. The summed E-state index contributed by atoms with van der Waals surface area (Å²) in [4.78, 5) is 31.4. The molecule has 0 unspecified atom stereocenters. The van der Waals surface area contributed by atoms with Crippen LogP contribution in [0.25, 0.3) is 0 Å². The minimum Gasteiger partial charge on any atom is -0.359 e. The number of carbonyl (C=O) groups excluding carboxylic acids is 2. The molecule has 23 heavy (non-hydrogen) atoms. The number of fused-ring (bicyclic) bond motifs is 2. The zero-order valence-electron chi connectivity index (χ0n) is 12.8. The van der Waals surface area contributed by atoms with E-state index in [1.54, 1.807) is 30.3 Å². The molecule has 0 saturated carbocycles. The van der Waals surface area contributed by atoms with Crippen molar-refractivity contribution in [2.24, 2.45) is 0 Å². The van der Waals surface area contributed by atoms with Gasteiger partial charge in [-0.15, -0.1) is 0 Å². The first-order valence-electron chi connectivity index (χ1n) is 7.45. The Labute approximate surface area is 139 Å². The number of benzene rings is 1. The molecular weight excluding hydrogens is 310 g/mol. The fraction of sp³-hybridized carbons (Fsp3) is 0.235. The van der Waals surface area contributed by atoms with Crippen LogP contribution in [0.15, 0.2) is 52.5 Å². The number of pyridine rings is 1. The Kier molecular flexibility index (Phi) is 4.62. The molecule has 0 radical (unpaired) electrons. The molecule has 0 spiro atoms. The zero-order chi connectivity index (χ0) is 16.2. The number of hydrogen-bond acceptors (Lipinski definition) is 4. The second kappa shape index (κ2) is 6.83. The van der Waals surface area contributed by atoms with Crippen LogP contribution >= 0.6 is 11.8 Å². The van der Waals surface area contributed by atoms with Crippen LogP contribution in [0.5, 0.6) is 0 Å². The number of hydrogen-bond donors (Lipinski definition) is 1. The number of carbonyl (C=O) groups is 2. The fourth-order valence-corrected chi connectivity index (χ4v) is 3.52. The van der Waals surface area contributed by atoms with E-state index in [1.165, 1.54) is 11.8 Å². The Morgan fingerprint density at radius 3 is 2.91 bits per heavy atom.